The quantitative estimate of drug-likeness (QED) is 0.412. The fourth-order valence-electron chi connectivity index (χ4n) is 2.98. The van der Waals surface area contributed by atoms with Gasteiger partial charge in [0.25, 0.3) is 17.5 Å². The molecule has 2 amide bonds. The van der Waals surface area contributed by atoms with E-state index in [1.165, 1.54) is 25.2 Å². The number of benzene rings is 3. The van der Waals surface area contributed by atoms with E-state index in [0.29, 0.717) is 33.9 Å². The lowest BCUT2D eigenvalue weighted by Gasteiger charge is -2.13. The Hall–Kier alpha value is -4.40. The summed E-state index contributed by atoms with van der Waals surface area (Å²) in [5.74, 6) is 0.237. The van der Waals surface area contributed by atoms with Gasteiger partial charge >= 0.3 is 0 Å². The highest BCUT2D eigenvalue weighted by atomic mass is 16.6. The maximum atomic E-state index is 12.4. The molecule has 2 N–H and O–H groups in total. The van der Waals surface area contributed by atoms with Crippen LogP contribution in [0.25, 0.3) is 11.1 Å². The third kappa shape index (κ3) is 5.39. The summed E-state index contributed by atoms with van der Waals surface area (Å²) in [5.41, 5.74) is 1.89. The average molecular weight is 435 g/mol. The second-order valence-electron chi connectivity index (χ2n) is 6.66. The zero-order valence-corrected chi connectivity index (χ0v) is 17.5. The van der Waals surface area contributed by atoms with Gasteiger partial charge in [0.2, 0.25) is 0 Å². The molecule has 3 aromatic rings. The number of nitrogens with one attached hydrogen (secondary N) is 2. The summed E-state index contributed by atoms with van der Waals surface area (Å²) in [6, 6.07) is 17.6. The summed E-state index contributed by atoms with van der Waals surface area (Å²) >= 11 is 0. The van der Waals surface area contributed by atoms with Crippen molar-refractivity contribution in [2.45, 2.75) is 0 Å². The smallest absolute Gasteiger partial charge is 0.270 e. The zero-order chi connectivity index (χ0) is 23.1. The Morgan fingerprint density at radius 2 is 1.78 bits per heavy atom. The number of hydrogen-bond acceptors (Lipinski definition) is 6. The molecule has 0 aromatic heterocycles. The minimum atomic E-state index is -0.497. The summed E-state index contributed by atoms with van der Waals surface area (Å²) < 4.78 is 10.8. The van der Waals surface area contributed by atoms with Gasteiger partial charge in [0.15, 0.2) is 6.61 Å². The number of nitro groups is 1. The third-order valence-electron chi connectivity index (χ3n) is 4.57. The fourth-order valence-corrected chi connectivity index (χ4v) is 2.98. The van der Waals surface area contributed by atoms with Crippen molar-refractivity contribution in [2.24, 2.45) is 0 Å². The van der Waals surface area contributed by atoms with Gasteiger partial charge in [0, 0.05) is 36.0 Å². The van der Waals surface area contributed by atoms with Gasteiger partial charge in [-0.2, -0.15) is 0 Å². The second-order valence-corrected chi connectivity index (χ2v) is 6.66. The molecule has 164 valence electrons. The molecule has 0 unspecified atom stereocenters. The average Bonchev–Trinajstić information content (AvgIpc) is 2.82. The standard InChI is InChI=1S/C23H21N3O6/c1-24-23(28)16-4-3-5-17(12-16)25-22(27)14-32-21-11-8-18(26(29)30)13-20(21)15-6-9-19(31-2)10-7-15/h3-13H,14H2,1-2H3,(H,24,28)(H,25,27). The number of carbonyl (C=O) groups is 2. The minimum Gasteiger partial charge on any atom is -0.497 e. The molecule has 32 heavy (non-hydrogen) atoms. The van der Waals surface area contributed by atoms with Crippen molar-refractivity contribution in [2.75, 3.05) is 26.1 Å². The molecule has 3 aromatic carbocycles. The van der Waals surface area contributed by atoms with Gasteiger partial charge in [-0.25, -0.2) is 0 Å². The van der Waals surface area contributed by atoms with Crippen LogP contribution in [0.3, 0.4) is 0 Å². The maximum Gasteiger partial charge on any atom is 0.270 e. The molecule has 3 rings (SSSR count). The summed E-state index contributed by atoms with van der Waals surface area (Å²) in [4.78, 5) is 34.8. The molecule has 9 nitrogen and oxygen atoms in total. The van der Waals surface area contributed by atoms with Crippen LogP contribution in [0.15, 0.2) is 66.7 Å². The van der Waals surface area contributed by atoms with Crippen molar-refractivity contribution in [1.82, 2.24) is 5.32 Å². The number of methoxy groups -OCH3 is 1. The number of amides is 2. The summed E-state index contributed by atoms with van der Waals surface area (Å²) in [5, 5.41) is 16.4. The van der Waals surface area contributed by atoms with E-state index in [0.717, 1.165) is 0 Å². The number of anilines is 1. The van der Waals surface area contributed by atoms with Crippen LogP contribution in [0, 0.1) is 10.1 Å². The number of hydrogen-bond donors (Lipinski definition) is 2. The van der Waals surface area contributed by atoms with Crippen molar-refractivity contribution < 1.29 is 24.0 Å². The number of ether oxygens (including phenoxy) is 2. The normalized spacial score (nSPS) is 10.2. The Bertz CT molecular complexity index is 1140. The van der Waals surface area contributed by atoms with Gasteiger partial charge in [-0.15, -0.1) is 0 Å². The van der Waals surface area contributed by atoms with E-state index in [9.17, 15) is 19.7 Å². The highest BCUT2D eigenvalue weighted by Gasteiger charge is 2.15. The molecule has 0 radical (unpaired) electrons. The molecular formula is C23H21N3O6. The van der Waals surface area contributed by atoms with E-state index in [4.69, 9.17) is 9.47 Å². The lowest BCUT2D eigenvalue weighted by atomic mass is 10.0. The van der Waals surface area contributed by atoms with Crippen molar-refractivity contribution in [3.05, 3.63) is 82.4 Å². The number of rotatable bonds is 8. The van der Waals surface area contributed by atoms with Gasteiger partial charge in [-0.05, 0) is 42.0 Å². The first-order chi connectivity index (χ1) is 15.4. The lowest BCUT2D eigenvalue weighted by molar-refractivity contribution is -0.384. The second kappa shape index (κ2) is 10.1. The van der Waals surface area contributed by atoms with E-state index >= 15 is 0 Å². The molecule has 0 saturated carbocycles. The molecule has 9 heteroatoms. The summed E-state index contributed by atoms with van der Waals surface area (Å²) in [6.45, 7) is -0.328. The van der Waals surface area contributed by atoms with Crippen molar-refractivity contribution in [3.8, 4) is 22.6 Å². The lowest BCUT2D eigenvalue weighted by Crippen LogP contribution is -2.21. The number of non-ortho nitro benzene ring substituents is 1. The number of nitro benzene ring substituents is 1. The Balaban J connectivity index is 1.77. The van der Waals surface area contributed by atoms with E-state index in [-0.39, 0.29) is 18.2 Å². The Kier molecular flexibility index (Phi) is 7.02. The molecule has 0 bridgehead atoms. The Labute approximate surface area is 184 Å². The van der Waals surface area contributed by atoms with Gasteiger partial charge < -0.3 is 20.1 Å². The van der Waals surface area contributed by atoms with Crippen LogP contribution in [0.1, 0.15) is 10.4 Å². The molecule has 0 aliphatic heterocycles. The van der Waals surface area contributed by atoms with Crippen molar-refractivity contribution in [3.63, 3.8) is 0 Å². The van der Waals surface area contributed by atoms with Crippen LogP contribution in [0.4, 0.5) is 11.4 Å². The van der Waals surface area contributed by atoms with Crippen LogP contribution < -0.4 is 20.1 Å². The molecule has 0 spiro atoms. The Morgan fingerprint density at radius 1 is 1.03 bits per heavy atom. The van der Waals surface area contributed by atoms with Gasteiger partial charge in [0.05, 0.1) is 12.0 Å². The van der Waals surface area contributed by atoms with Crippen LogP contribution in [-0.4, -0.2) is 37.5 Å². The van der Waals surface area contributed by atoms with Crippen LogP contribution in [0.5, 0.6) is 11.5 Å². The Morgan fingerprint density at radius 3 is 2.44 bits per heavy atom. The molecule has 0 aliphatic carbocycles. The minimum absolute atomic E-state index is 0.0985. The molecule has 0 saturated heterocycles. The third-order valence-corrected chi connectivity index (χ3v) is 4.57. The topological polar surface area (TPSA) is 120 Å². The predicted molar refractivity (Wildman–Crippen MR) is 119 cm³/mol. The highest BCUT2D eigenvalue weighted by Crippen LogP contribution is 2.34. The SMILES string of the molecule is CNC(=O)c1cccc(NC(=O)COc2ccc([N+](=O)[O-])cc2-c2ccc(OC)cc2)c1. The first-order valence-corrected chi connectivity index (χ1v) is 9.59. The largest absolute Gasteiger partial charge is 0.497 e. The predicted octanol–water partition coefficient (Wildman–Crippen LogP) is 3.65. The molecule has 0 heterocycles. The number of carbonyl (C=O) groups excluding carboxylic acids is 2. The maximum absolute atomic E-state index is 12.4. The van der Waals surface area contributed by atoms with E-state index in [1.807, 2.05) is 0 Å². The monoisotopic (exact) mass is 435 g/mol. The van der Waals surface area contributed by atoms with Crippen LogP contribution in [-0.2, 0) is 4.79 Å². The van der Waals surface area contributed by atoms with Crippen molar-refractivity contribution in [1.29, 1.82) is 0 Å². The van der Waals surface area contributed by atoms with E-state index < -0.39 is 10.8 Å². The van der Waals surface area contributed by atoms with Crippen LogP contribution >= 0.6 is 0 Å². The zero-order valence-electron chi connectivity index (χ0n) is 17.5. The van der Waals surface area contributed by atoms with Crippen LogP contribution in [0.2, 0.25) is 0 Å². The molecular weight excluding hydrogens is 414 g/mol. The summed E-state index contributed by atoms with van der Waals surface area (Å²) in [7, 11) is 3.06. The summed E-state index contributed by atoms with van der Waals surface area (Å²) in [6.07, 6.45) is 0. The van der Waals surface area contributed by atoms with Gasteiger partial charge in [-0.1, -0.05) is 18.2 Å². The first kappa shape index (κ1) is 22.3. The van der Waals surface area contributed by atoms with Crippen molar-refractivity contribution >= 4 is 23.2 Å². The molecule has 0 fully saturated rings. The highest BCUT2D eigenvalue weighted by molar-refractivity contribution is 5.97. The van der Waals surface area contributed by atoms with E-state index in [2.05, 4.69) is 10.6 Å². The van der Waals surface area contributed by atoms with E-state index in [1.54, 1.807) is 55.6 Å². The van der Waals surface area contributed by atoms with Gasteiger partial charge in [0.1, 0.15) is 11.5 Å². The molecule has 0 atom stereocenters. The first-order valence-electron chi connectivity index (χ1n) is 9.59. The fraction of sp³-hybridized carbons (Fsp3) is 0.130. The van der Waals surface area contributed by atoms with Gasteiger partial charge in [-0.3, -0.25) is 19.7 Å². The molecule has 0 aliphatic rings. The number of nitrogens with zero attached hydrogens (tertiary/aromatic N) is 1.